The van der Waals surface area contributed by atoms with Crippen molar-refractivity contribution in [2.45, 2.75) is 121 Å². The molecule has 15 heteroatoms. The largest absolute Gasteiger partial charge is 0.472 e. The molecule has 0 aromatic carbocycles. The van der Waals surface area contributed by atoms with Crippen LogP contribution in [0.4, 0.5) is 0 Å². The lowest BCUT2D eigenvalue weighted by Crippen LogP contribution is -2.95. The van der Waals surface area contributed by atoms with Gasteiger partial charge in [0, 0.05) is 55.4 Å². The van der Waals surface area contributed by atoms with Crippen LogP contribution in [0.5, 0.6) is 0 Å². The van der Waals surface area contributed by atoms with Crippen molar-refractivity contribution in [3.8, 4) is 0 Å². The minimum absolute atomic E-state index is 0.0381. The molecule has 4 saturated carbocycles. The van der Waals surface area contributed by atoms with E-state index in [9.17, 15) is 29.1 Å². The van der Waals surface area contributed by atoms with Crippen molar-refractivity contribution >= 4 is 29.8 Å². The summed E-state index contributed by atoms with van der Waals surface area (Å²) in [4.78, 5) is 67.9. The smallest absolute Gasteiger partial charge is 0.336 e. The molecule has 4 heterocycles. The normalized spacial score (nSPS) is 52.5. The quantitative estimate of drug-likeness (QED) is 0.349. The molecule has 8 rings (SSSR count). The fraction of sp³-hybridized carbons (Fsp3) is 0.735. The lowest BCUT2D eigenvalue weighted by molar-refractivity contribution is -0.476. The Labute approximate surface area is 281 Å². The average molecular weight is 689 g/mol. The first-order chi connectivity index (χ1) is 22.8. The van der Waals surface area contributed by atoms with Crippen molar-refractivity contribution in [3.05, 3.63) is 24.2 Å². The van der Waals surface area contributed by atoms with E-state index in [1.165, 1.54) is 33.5 Å². The molecule has 0 radical (unpaired) electrons. The van der Waals surface area contributed by atoms with Crippen LogP contribution in [0.2, 0.25) is 0 Å². The van der Waals surface area contributed by atoms with Crippen LogP contribution < -0.4 is 0 Å². The fourth-order valence-electron chi connectivity index (χ4n) is 12.7. The molecule has 7 aliphatic rings. The molecule has 15 nitrogen and oxygen atoms in total. The number of rotatable bonds is 5. The highest BCUT2D eigenvalue weighted by Crippen LogP contribution is 2.90. The number of carbonyl (C=O) groups excluding carboxylic acids is 5. The molecule has 4 bridgehead atoms. The number of methoxy groups -OCH3 is 1. The van der Waals surface area contributed by atoms with Crippen LogP contribution >= 0.6 is 0 Å². The van der Waals surface area contributed by atoms with Crippen molar-refractivity contribution in [1.29, 1.82) is 0 Å². The van der Waals surface area contributed by atoms with Gasteiger partial charge in [-0.3, -0.25) is 19.2 Å². The molecule has 2 spiro atoms. The Bertz CT molecular complexity index is 1710. The molecule has 14 atom stereocenters. The van der Waals surface area contributed by atoms with Gasteiger partial charge in [0.25, 0.3) is 5.97 Å². The highest BCUT2D eigenvalue weighted by atomic mass is 16.9. The first kappa shape index (κ1) is 32.7. The molecule has 3 aliphatic heterocycles. The Hall–Kier alpha value is -3.53. The van der Waals surface area contributed by atoms with Crippen LogP contribution in [0, 0.1) is 28.1 Å². The van der Waals surface area contributed by atoms with Crippen LogP contribution in [0.15, 0.2) is 23.0 Å². The van der Waals surface area contributed by atoms with Gasteiger partial charge in [-0.05, 0) is 25.3 Å². The van der Waals surface area contributed by atoms with Gasteiger partial charge in [-0.2, -0.15) is 0 Å². The van der Waals surface area contributed by atoms with Crippen LogP contribution in [-0.4, -0.2) is 88.8 Å². The third-order valence-electron chi connectivity index (χ3n) is 13.4. The lowest BCUT2D eigenvalue weighted by Gasteiger charge is -2.77. The summed E-state index contributed by atoms with van der Waals surface area (Å²) in [5.74, 6) is -8.55. The second kappa shape index (κ2) is 9.22. The molecule has 1 aromatic rings. The van der Waals surface area contributed by atoms with Crippen molar-refractivity contribution in [2.24, 2.45) is 28.1 Å². The zero-order valence-corrected chi connectivity index (χ0v) is 28.5. The first-order valence-corrected chi connectivity index (χ1v) is 16.4. The number of fused-ring (bicyclic) bond motifs is 3. The van der Waals surface area contributed by atoms with E-state index in [0.29, 0.717) is 5.56 Å². The van der Waals surface area contributed by atoms with E-state index in [1.807, 2.05) is 6.92 Å². The van der Waals surface area contributed by atoms with Crippen molar-refractivity contribution in [3.63, 3.8) is 0 Å². The summed E-state index contributed by atoms with van der Waals surface area (Å²) in [6.45, 7) is 10.3. The highest BCUT2D eigenvalue weighted by Gasteiger charge is 3.06. The van der Waals surface area contributed by atoms with Crippen molar-refractivity contribution in [1.82, 2.24) is 0 Å². The molecule has 0 amide bonds. The van der Waals surface area contributed by atoms with E-state index in [0.717, 1.165) is 13.8 Å². The van der Waals surface area contributed by atoms with Crippen LogP contribution in [0.25, 0.3) is 0 Å². The maximum absolute atomic E-state index is 14.3. The van der Waals surface area contributed by atoms with E-state index in [-0.39, 0.29) is 19.3 Å². The summed E-state index contributed by atoms with van der Waals surface area (Å²) >= 11 is 0. The predicted octanol–water partition coefficient (Wildman–Crippen LogP) is 2.02. The standard InChI is InChI=1S/C34H40O15/c1-15(35)43-25-28(5)14-32-29(6,21(28)24(40)41-8)31-11-10-27(4)20(19(38)23(39)45-22(27)18-9-12-42-13-18)33(31,49-30(7,47-31)48-32)26(44-16(2)36)34(25,32)46-17(3)37/h9,12-13,19-22,25-26,38H,10-11,14H2,1-8H3/t19-,20+,21-,22-,25-,26-,27+,28-,29-,30?,31-,32+,33+,34-/m0/s1. The molecule has 1 aromatic heterocycles. The van der Waals surface area contributed by atoms with Gasteiger partial charge in [0.1, 0.15) is 17.3 Å². The molecule has 7 fully saturated rings. The van der Waals surface area contributed by atoms with E-state index in [2.05, 4.69) is 0 Å². The van der Waals surface area contributed by atoms with E-state index in [1.54, 1.807) is 19.9 Å². The topological polar surface area (TPSA) is 193 Å². The van der Waals surface area contributed by atoms with Crippen LogP contribution in [0.1, 0.15) is 79.4 Å². The van der Waals surface area contributed by atoms with E-state index in [4.69, 9.17) is 42.3 Å². The van der Waals surface area contributed by atoms with Crippen molar-refractivity contribution < 1.29 is 71.4 Å². The summed E-state index contributed by atoms with van der Waals surface area (Å²) in [6, 6.07) is 1.64. The minimum atomic E-state index is -2.19. The van der Waals surface area contributed by atoms with Gasteiger partial charge in [-0.15, -0.1) is 0 Å². The maximum atomic E-state index is 14.3. The molecular weight excluding hydrogens is 648 g/mol. The second-order valence-corrected chi connectivity index (χ2v) is 15.6. The Morgan fingerprint density at radius 1 is 0.878 bits per heavy atom. The van der Waals surface area contributed by atoms with Crippen molar-refractivity contribution in [2.75, 3.05) is 7.11 Å². The van der Waals surface area contributed by atoms with Crippen LogP contribution in [-0.2, 0) is 61.9 Å². The zero-order valence-electron chi connectivity index (χ0n) is 28.5. The van der Waals surface area contributed by atoms with Crippen LogP contribution in [0.3, 0.4) is 0 Å². The SMILES string of the molecule is COC(=O)[C@H]1[C@]2(C)C[C@@]34OC5(C)O[C@]6([C@@H]7[C@H](O)C(=O)O[C@@H](c8ccoc8)[C@]7(C)CC[C@]6(O5)[C@]13C)[C@H](OC(C)=O)[C@@]4(OC(C)=O)[C@H]2OC(C)=O. The molecule has 4 aliphatic carbocycles. The fourth-order valence-corrected chi connectivity index (χ4v) is 12.7. The molecule has 1 unspecified atom stereocenters. The number of esters is 5. The van der Waals surface area contributed by atoms with E-state index >= 15 is 0 Å². The Morgan fingerprint density at radius 2 is 1.53 bits per heavy atom. The summed E-state index contributed by atoms with van der Waals surface area (Å²) < 4.78 is 56.6. The first-order valence-electron chi connectivity index (χ1n) is 16.4. The average Bonchev–Trinajstić information content (AvgIpc) is 3.69. The predicted molar refractivity (Wildman–Crippen MR) is 156 cm³/mol. The molecule has 49 heavy (non-hydrogen) atoms. The Kier molecular flexibility index (Phi) is 6.15. The summed E-state index contributed by atoms with van der Waals surface area (Å²) in [5, 5.41) is 12.1. The number of furan rings is 1. The van der Waals surface area contributed by atoms with Gasteiger partial charge in [0.15, 0.2) is 23.9 Å². The number of cyclic esters (lactones) is 1. The van der Waals surface area contributed by atoms with Gasteiger partial charge < -0.3 is 47.4 Å². The zero-order chi connectivity index (χ0) is 35.5. The summed E-state index contributed by atoms with van der Waals surface area (Å²) in [5.41, 5.74) is -11.3. The Balaban J connectivity index is 1.53. The third-order valence-corrected chi connectivity index (χ3v) is 13.4. The van der Waals surface area contributed by atoms with Gasteiger partial charge >= 0.3 is 29.8 Å². The van der Waals surface area contributed by atoms with Gasteiger partial charge in [0.05, 0.1) is 25.6 Å². The molecule has 3 saturated heterocycles. The maximum Gasteiger partial charge on any atom is 0.336 e. The lowest BCUT2D eigenvalue weighted by atomic mass is 9.33. The summed E-state index contributed by atoms with van der Waals surface area (Å²) in [7, 11) is 1.24. The molecule has 1 N–H and O–H groups in total. The minimum Gasteiger partial charge on any atom is -0.472 e. The highest BCUT2D eigenvalue weighted by molar-refractivity contribution is 5.81. The Morgan fingerprint density at radius 3 is 2.12 bits per heavy atom. The van der Waals surface area contributed by atoms with E-state index < -0.39 is 111 Å². The van der Waals surface area contributed by atoms with Gasteiger partial charge in [0.2, 0.25) is 5.60 Å². The number of aliphatic hydroxyl groups is 1. The van der Waals surface area contributed by atoms with Gasteiger partial charge in [-0.1, -0.05) is 20.8 Å². The van der Waals surface area contributed by atoms with Gasteiger partial charge in [-0.25, -0.2) is 4.79 Å². The summed E-state index contributed by atoms with van der Waals surface area (Å²) in [6.07, 6.45) is -2.91. The number of hydrogen-bond acceptors (Lipinski definition) is 15. The molecular formula is C34H40O15. The third kappa shape index (κ3) is 3.15. The number of hydrogen-bond donors (Lipinski definition) is 1. The molecule has 266 valence electrons. The monoisotopic (exact) mass is 688 g/mol. The second-order valence-electron chi connectivity index (χ2n) is 15.6. The number of carbonyl (C=O) groups is 5. The number of aliphatic hydroxyl groups excluding tert-OH is 1. The number of ether oxygens (including phenoxy) is 8.